The number of hydrogen-bond acceptors (Lipinski definition) is 1. The van der Waals surface area contributed by atoms with Gasteiger partial charge in [0.2, 0.25) is 0 Å². The van der Waals surface area contributed by atoms with E-state index in [-0.39, 0.29) is 5.82 Å². The molecule has 0 fully saturated rings. The second-order valence-corrected chi connectivity index (χ2v) is 2.50. The highest BCUT2D eigenvalue weighted by Gasteiger charge is 1.95. The highest BCUT2D eigenvalue weighted by molar-refractivity contribution is 5.80. The van der Waals surface area contributed by atoms with E-state index in [9.17, 15) is 9.18 Å². The van der Waals surface area contributed by atoms with E-state index in [0.29, 0.717) is 6.29 Å². The summed E-state index contributed by atoms with van der Waals surface area (Å²) in [6.07, 6.45) is 2.11. The first-order chi connectivity index (χ1) is 5.74. The van der Waals surface area contributed by atoms with Crippen LogP contribution >= 0.6 is 0 Å². The quantitative estimate of drug-likeness (QED) is 0.484. The predicted molar refractivity (Wildman–Crippen MR) is 46.1 cm³/mol. The molecule has 0 atom stereocenters. The molecule has 0 radical (unpaired) electrons. The summed E-state index contributed by atoms with van der Waals surface area (Å²) >= 11 is 0. The molecule has 62 valence electrons. The first-order valence-electron chi connectivity index (χ1n) is 3.62. The van der Waals surface area contributed by atoms with Gasteiger partial charge in [-0.25, -0.2) is 4.39 Å². The largest absolute Gasteiger partial charge is 0.299 e. The fourth-order valence-corrected chi connectivity index (χ4v) is 0.932. The minimum atomic E-state index is -0.286. The minimum Gasteiger partial charge on any atom is -0.299 e. The zero-order valence-electron chi connectivity index (χ0n) is 6.75. The topological polar surface area (TPSA) is 17.1 Å². The normalized spacial score (nSPS) is 11.3. The zero-order chi connectivity index (χ0) is 8.97. The van der Waals surface area contributed by atoms with E-state index < -0.39 is 0 Å². The van der Waals surface area contributed by atoms with Gasteiger partial charge >= 0.3 is 0 Å². The van der Waals surface area contributed by atoms with Crippen LogP contribution in [0.4, 0.5) is 4.39 Å². The maximum Gasteiger partial charge on any atom is 0.143 e. The summed E-state index contributed by atoms with van der Waals surface area (Å²) in [4.78, 5) is 10.1. The van der Waals surface area contributed by atoms with Crippen LogP contribution in [0.5, 0.6) is 0 Å². The van der Waals surface area contributed by atoms with Crippen LogP contribution in [0.25, 0.3) is 5.57 Å². The van der Waals surface area contributed by atoms with Crippen molar-refractivity contribution in [2.75, 3.05) is 0 Å². The standard InChI is InChI=1S/C10H9FO/c1-8(5-6-12)9-3-2-4-10(11)7-9/h2-7H,1H3/b8-5-. The molecule has 1 nitrogen and oxygen atoms in total. The van der Waals surface area contributed by atoms with Crippen molar-refractivity contribution in [3.05, 3.63) is 41.7 Å². The van der Waals surface area contributed by atoms with Crippen molar-refractivity contribution in [2.45, 2.75) is 6.92 Å². The van der Waals surface area contributed by atoms with Crippen molar-refractivity contribution in [1.29, 1.82) is 0 Å². The van der Waals surface area contributed by atoms with Crippen molar-refractivity contribution in [1.82, 2.24) is 0 Å². The van der Waals surface area contributed by atoms with Gasteiger partial charge in [-0.3, -0.25) is 4.79 Å². The van der Waals surface area contributed by atoms with E-state index >= 15 is 0 Å². The van der Waals surface area contributed by atoms with Crippen LogP contribution in [0.3, 0.4) is 0 Å². The second kappa shape index (κ2) is 3.81. The van der Waals surface area contributed by atoms with Gasteiger partial charge in [-0.05, 0) is 36.3 Å². The van der Waals surface area contributed by atoms with E-state index in [1.807, 2.05) is 0 Å². The number of carbonyl (C=O) groups excluding carboxylic acids is 1. The number of hydrogen-bond donors (Lipinski definition) is 0. The van der Waals surface area contributed by atoms with Gasteiger partial charge in [0.1, 0.15) is 12.1 Å². The van der Waals surface area contributed by atoms with E-state index in [0.717, 1.165) is 11.1 Å². The molecule has 1 aromatic rings. The third-order valence-electron chi connectivity index (χ3n) is 1.60. The lowest BCUT2D eigenvalue weighted by atomic mass is 10.1. The van der Waals surface area contributed by atoms with Gasteiger partial charge in [-0.2, -0.15) is 0 Å². The molecular weight excluding hydrogens is 155 g/mol. The molecule has 0 amide bonds. The van der Waals surface area contributed by atoms with Gasteiger partial charge in [0, 0.05) is 0 Å². The summed E-state index contributed by atoms with van der Waals surface area (Å²) < 4.78 is 12.7. The van der Waals surface area contributed by atoms with Crippen molar-refractivity contribution in [2.24, 2.45) is 0 Å². The highest BCUT2D eigenvalue weighted by Crippen LogP contribution is 2.13. The maximum absolute atomic E-state index is 12.7. The molecule has 0 aliphatic heterocycles. The molecule has 0 saturated carbocycles. The van der Waals surface area contributed by atoms with E-state index in [1.54, 1.807) is 19.1 Å². The van der Waals surface area contributed by atoms with Crippen LogP contribution in [0.1, 0.15) is 12.5 Å². The molecule has 12 heavy (non-hydrogen) atoms. The molecule has 0 saturated heterocycles. The van der Waals surface area contributed by atoms with Gasteiger partial charge < -0.3 is 0 Å². The van der Waals surface area contributed by atoms with E-state index in [1.165, 1.54) is 18.2 Å². The fourth-order valence-electron chi connectivity index (χ4n) is 0.932. The molecule has 0 spiro atoms. The number of benzene rings is 1. The second-order valence-electron chi connectivity index (χ2n) is 2.50. The Labute approximate surface area is 70.5 Å². The monoisotopic (exact) mass is 164 g/mol. The van der Waals surface area contributed by atoms with Crippen LogP contribution in [0, 0.1) is 5.82 Å². The first-order valence-corrected chi connectivity index (χ1v) is 3.62. The summed E-state index contributed by atoms with van der Waals surface area (Å²) in [6, 6.07) is 6.15. The van der Waals surface area contributed by atoms with Gasteiger partial charge in [-0.1, -0.05) is 12.1 Å². The fraction of sp³-hybridized carbons (Fsp3) is 0.100. The Morgan fingerprint density at radius 3 is 2.83 bits per heavy atom. The van der Waals surface area contributed by atoms with Crippen LogP contribution in [-0.2, 0) is 4.79 Å². The molecule has 0 aromatic heterocycles. The Balaban J connectivity index is 3.03. The average molecular weight is 164 g/mol. The van der Waals surface area contributed by atoms with Gasteiger partial charge in [0.25, 0.3) is 0 Å². The Hall–Kier alpha value is -1.44. The van der Waals surface area contributed by atoms with E-state index in [4.69, 9.17) is 0 Å². The Morgan fingerprint density at radius 2 is 2.25 bits per heavy atom. The molecule has 0 heterocycles. The molecule has 0 N–H and O–H groups in total. The van der Waals surface area contributed by atoms with Crippen molar-refractivity contribution >= 4 is 11.9 Å². The summed E-state index contributed by atoms with van der Waals surface area (Å²) in [5.41, 5.74) is 1.51. The zero-order valence-corrected chi connectivity index (χ0v) is 6.75. The number of aldehydes is 1. The summed E-state index contributed by atoms with van der Waals surface area (Å²) in [5, 5.41) is 0. The van der Waals surface area contributed by atoms with Crippen LogP contribution in [0.15, 0.2) is 30.3 Å². The predicted octanol–water partition coefficient (Wildman–Crippen LogP) is 2.43. The molecular formula is C10H9FO. The Bertz CT molecular complexity index is 315. The molecule has 0 aliphatic rings. The van der Waals surface area contributed by atoms with Gasteiger partial charge in [-0.15, -0.1) is 0 Å². The SMILES string of the molecule is C/C(=C/C=O)c1cccc(F)c1. The lowest BCUT2D eigenvalue weighted by molar-refractivity contribution is -0.104. The van der Waals surface area contributed by atoms with Crippen LogP contribution in [0.2, 0.25) is 0 Å². The smallest absolute Gasteiger partial charge is 0.143 e. The molecule has 1 aromatic carbocycles. The average Bonchev–Trinajstić information content (AvgIpc) is 2.05. The number of rotatable bonds is 2. The number of halogens is 1. The van der Waals surface area contributed by atoms with Crippen molar-refractivity contribution in [3.63, 3.8) is 0 Å². The third-order valence-corrected chi connectivity index (χ3v) is 1.60. The minimum absolute atomic E-state index is 0.286. The molecule has 0 bridgehead atoms. The molecule has 0 aliphatic carbocycles. The number of carbonyl (C=O) groups is 1. The lowest BCUT2D eigenvalue weighted by Crippen LogP contribution is -1.81. The Morgan fingerprint density at radius 1 is 1.50 bits per heavy atom. The van der Waals surface area contributed by atoms with Gasteiger partial charge in [0.05, 0.1) is 0 Å². The number of allylic oxidation sites excluding steroid dienone is 2. The molecule has 2 heteroatoms. The van der Waals surface area contributed by atoms with Crippen molar-refractivity contribution < 1.29 is 9.18 Å². The summed E-state index contributed by atoms with van der Waals surface area (Å²) in [6.45, 7) is 1.77. The van der Waals surface area contributed by atoms with Crippen LogP contribution in [-0.4, -0.2) is 6.29 Å². The lowest BCUT2D eigenvalue weighted by Gasteiger charge is -1.98. The van der Waals surface area contributed by atoms with Crippen LogP contribution < -0.4 is 0 Å². The molecule has 0 unspecified atom stereocenters. The summed E-state index contributed by atoms with van der Waals surface area (Å²) in [5.74, 6) is -0.286. The third kappa shape index (κ3) is 2.02. The Kier molecular flexibility index (Phi) is 2.75. The molecule has 1 rings (SSSR count). The van der Waals surface area contributed by atoms with Crippen molar-refractivity contribution in [3.8, 4) is 0 Å². The van der Waals surface area contributed by atoms with E-state index in [2.05, 4.69) is 0 Å². The highest BCUT2D eigenvalue weighted by atomic mass is 19.1. The first kappa shape index (κ1) is 8.65. The summed E-state index contributed by atoms with van der Waals surface area (Å²) in [7, 11) is 0. The van der Waals surface area contributed by atoms with Gasteiger partial charge in [0.15, 0.2) is 0 Å². The maximum atomic E-state index is 12.7.